The van der Waals surface area contributed by atoms with Gasteiger partial charge in [-0.3, -0.25) is 9.48 Å². The summed E-state index contributed by atoms with van der Waals surface area (Å²) >= 11 is 0. The van der Waals surface area contributed by atoms with Crippen LogP contribution in [0.3, 0.4) is 0 Å². The van der Waals surface area contributed by atoms with E-state index in [0.29, 0.717) is 6.42 Å². The van der Waals surface area contributed by atoms with Crippen molar-refractivity contribution >= 4 is 18.3 Å². The third-order valence-corrected chi connectivity index (χ3v) is 2.52. The molecule has 17 heavy (non-hydrogen) atoms. The molecule has 0 aliphatic heterocycles. The van der Waals surface area contributed by atoms with Crippen LogP contribution in [0.15, 0.2) is 12.4 Å². The Kier molecular flexibility index (Phi) is 6.83. The molecule has 1 aromatic heterocycles. The molecule has 5 nitrogen and oxygen atoms in total. The van der Waals surface area contributed by atoms with Crippen molar-refractivity contribution in [3.63, 3.8) is 0 Å². The summed E-state index contributed by atoms with van der Waals surface area (Å²) in [4.78, 5) is 11.7. The average Bonchev–Trinajstić information content (AvgIpc) is 2.65. The fourth-order valence-corrected chi connectivity index (χ4v) is 1.51. The van der Waals surface area contributed by atoms with Crippen molar-refractivity contribution in [2.45, 2.75) is 38.8 Å². The minimum atomic E-state index is -0.413. The monoisotopic (exact) mass is 260 g/mol. The van der Waals surface area contributed by atoms with Gasteiger partial charge in [-0.2, -0.15) is 5.10 Å². The van der Waals surface area contributed by atoms with Gasteiger partial charge in [-0.1, -0.05) is 13.3 Å². The number of hydrogen-bond donors (Lipinski definition) is 2. The van der Waals surface area contributed by atoms with Gasteiger partial charge in [0.15, 0.2) is 0 Å². The number of amides is 1. The first kappa shape index (κ1) is 15.9. The maximum Gasteiger partial charge on any atom is 0.237 e. The van der Waals surface area contributed by atoms with Gasteiger partial charge in [-0.15, -0.1) is 12.4 Å². The molecule has 0 saturated heterocycles. The highest BCUT2D eigenvalue weighted by molar-refractivity contribution is 5.85. The maximum atomic E-state index is 11.7. The van der Waals surface area contributed by atoms with Gasteiger partial charge in [0, 0.05) is 18.8 Å². The summed E-state index contributed by atoms with van der Waals surface area (Å²) in [7, 11) is 1.85. The van der Waals surface area contributed by atoms with E-state index in [1.54, 1.807) is 10.9 Å². The molecule has 1 aromatic rings. The molecule has 1 heterocycles. The molecule has 0 fully saturated rings. The quantitative estimate of drug-likeness (QED) is 0.834. The molecular formula is C11H21ClN4O. The van der Waals surface area contributed by atoms with Gasteiger partial charge in [0.2, 0.25) is 5.91 Å². The Morgan fingerprint density at radius 3 is 2.76 bits per heavy atom. The summed E-state index contributed by atoms with van der Waals surface area (Å²) in [5.41, 5.74) is 6.71. The largest absolute Gasteiger partial charge is 0.348 e. The second-order valence-corrected chi connectivity index (χ2v) is 4.07. The number of halogens is 1. The second kappa shape index (κ2) is 7.29. The molecule has 0 aromatic carbocycles. The van der Waals surface area contributed by atoms with E-state index in [4.69, 9.17) is 5.73 Å². The summed E-state index contributed by atoms with van der Waals surface area (Å²) in [6.45, 7) is 3.94. The van der Waals surface area contributed by atoms with Crippen LogP contribution in [0.5, 0.6) is 0 Å². The van der Waals surface area contributed by atoms with Crippen LogP contribution >= 0.6 is 12.4 Å². The van der Waals surface area contributed by atoms with Gasteiger partial charge >= 0.3 is 0 Å². The highest BCUT2D eigenvalue weighted by Crippen LogP contribution is 2.10. The first-order chi connectivity index (χ1) is 7.54. The molecule has 98 valence electrons. The molecule has 0 aliphatic carbocycles. The molecule has 3 N–H and O–H groups in total. The van der Waals surface area contributed by atoms with Crippen LogP contribution in [0.2, 0.25) is 0 Å². The molecule has 1 amide bonds. The molecule has 1 rings (SSSR count). The van der Waals surface area contributed by atoms with E-state index >= 15 is 0 Å². The Hall–Kier alpha value is -1.07. The van der Waals surface area contributed by atoms with E-state index in [2.05, 4.69) is 10.4 Å². The molecule has 0 saturated carbocycles. The van der Waals surface area contributed by atoms with Crippen LogP contribution in [-0.2, 0) is 11.8 Å². The zero-order valence-electron chi connectivity index (χ0n) is 10.5. The van der Waals surface area contributed by atoms with Gasteiger partial charge in [-0.05, 0) is 13.3 Å². The van der Waals surface area contributed by atoms with Crippen LogP contribution in [0.4, 0.5) is 0 Å². The highest BCUT2D eigenvalue weighted by atomic mass is 35.5. The minimum absolute atomic E-state index is 0. The van der Waals surface area contributed by atoms with Gasteiger partial charge < -0.3 is 11.1 Å². The van der Waals surface area contributed by atoms with Crippen molar-refractivity contribution < 1.29 is 4.79 Å². The Morgan fingerprint density at radius 2 is 2.29 bits per heavy atom. The van der Waals surface area contributed by atoms with Crippen molar-refractivity contribution in [3.05, 3.63) is 18.0 Å². The molecule has 0 radical (unpaired) electrons. The number of carbonyl (C=O) groups is 1. The molecule has 6 heteroatoms. The number of nitrogens with zero attached hydrogens (tertiary/aromatic N) is 2. The van der Waals surface area contributed by atoms with Crippen molar-refractivity contribution in [1.29, 1.82) is 0 Å². The van der Waals surface area contributed by atoms with Crippen molar-refractivity contribution in [3.8, 4) is 0 Å². The first-order valence-electron chi connectivity index (χ1n) is 5.59. The van der Waals surface area contributed by atoms with Crippen LogP contribution in [0.25, 0.3) is 0 Å². The SMILES string of the molecule is CCCC(N)C(=O)NC(C)c1cnn(C)c1.Cl. The number of hydrogen-bond acceptors (Lipinski definition) is 3. The smallest absolute Gasteiger partial charge is 0.237 e. The summed E-state index contributed by atoms with van der Waals surface area (Å²) in [5.74, 6) is -0.0989. The van der Waals surface area contributed by atoms with Gasteiger partial charge in [-0.25, -0.2) is 0 Å². The van der Waals surface area contributed by atoms with Gasteiger partial charge in [0.25, 0.3) is 0 Å². The molecule has 2 unspecified atom stereocenters. The molecular weight excluding hydrogens is 240 g/mol. The normalized spacial score (nSPS) is 13.6. The van der Waals surface area contributed by atoms with Crippen molar-refractivity contribution in [1.82, 2.24) is 15.1 Å². The van der Waals surface area contributed by atoms with E-state index < -0.39 is 6.04 Å². The van der Waals surface area contributed by atoms with Gasteiger partial charge in [0.05, 0.1) is 18.3 Å². The zero-order valence-corrected chi connectivity index (χ0v) is 11.3. The van der Waals surface area contributed by atoms with Crippen molar-refractivity contribution in [2.75, 3.05) is 0 Å². The average molecular weight is 261 g/mol. The fourth-order valence-electron chi connectivity index (χ4n) is 1.51. The summed E-state index contributed by atoms with van der Waals surface area (Å²) in [6, 6.07) is -0.465. The number of nitrogens with two attached hydrogens (primary N) is 1. The predicted octanol–water partition coefficient (Wildman–Crippen LogP) is 1.15. The number of rotatable bonds is 5. The third kappa shape index (κ3) is 4.75. The number of carbonyl (C=O) groups excluding carboxylic acids is 1. The van der Waals surface area contributed by atoms with E-state index in [-0.39, 0.29) is 24.4 Å². The molecule has 2 atom stereocenters. The fraction of sp³-hybridized carbons (Fsp3) is 0.636. The third-order valence-electron chi connectivity index (χ3n) is 2.52. The number of nitrogens with one attached hydrogen (secondary N) is 1. The van der Waals surface area contributed by atoms with Crippen LogP contribution in [0, 0.1) is 0 Å². The Morgan fingerprint density at radius 1 is 1.65 bits per heavy atom. The molecule has 0 bridgehead atoms. The lowest BCUT2D eigenvalue weighted by Gasteiger charge is -2.15. The second-order valence-electron chi connectivity index (χ2n) is 4.07. The van der Waals surface area contributed by atoms with Crippen LogP contribution in [-0.4, -0.2) is 21.7 Å². The van der Waals surface area contributed by atoms with Gasteiger partial charge in [0.1, 0.15) is 0 Å². The summed E-state index contributed by atoms with van der Waals surface area (Å²) in [6.07, 6.45) is 5.26. The lowest BCUT2D eigenvalue weighted by Crippen LogP contribution is -2.41. The standard InChI is InChI=1S/C11H20N4O.ClH/c1-4-5-10(12)11(16)14-8(2)9-6-13-15(3)7-9;/h6-8,10H,4-5,12H2,1-3H3,(H,14,16);1H. The zero-order chi connectivity index (χ0) is 12.1. The lowest BCUT2D eigenvalue weighted by atomic mass is 10.1. The van der Waals surface area contributed by atoms with Crippen LogP contribution < -0.4 is 11.1 Å². The Balaban J connectivity index is 0.00000256. The first-order valence-corrected chi connectivity index (χ1v) is 5.59. The Labute approximate surface area is 108 Å². The Bertz CT molecular complexity index is 353. The van der Waals surface area contributed by atoms with E-state index in [1.165, 1.54) is 0 Å². The highest BCUT2D eigenvalue weighted by Gasteiger charge is 2.16. The molecule has 0 spiro atoms. The van der Waals surface area contributed by atoms with E-state index in [0.717, 1.165) is 12.0 Å². The number of aromatic nitrogens is 2. The summed E-state index contributed by atoms with van der Waals surface area (Å²) in [5, 5.41) is 6.94. The number of aryl methyl sites for hydroxylation is 1. The maximum absolute atomic E-state index is 11.7. The lowest BCUT2D eigenvalue weighted by molar-refractivity contribution is -0.123. The minimum Gasteiger partial charge on any atom is -0.348 e. The summed E-state index contributed by atoms with van der Waals surface area (Å²) < 4.78 is 1.71. The van der Waals surface area contributed by atoms with Crippen molar-refractivity contribution in [2.24, 2.45) is 12.8 Å². The van der Waals surface area contributed by atoms with E-state index in [9.17, 15) is 4.79 Å². The molecule has 0 aliphatic rings. The predicted molar refractivity (Wildman–Crippen MR) is 69.9 cm³/mol. The van der Waals surface area contributed by atoms with Crippen LogP contribution in [0.1, 0.15) is 38.3 Å². The van der Waals surface area contributed by atoms with E-state index in [1.807, 2.05) is 27.1 Å². The topological polar surface area (TPSA) is 72.9 Å².